The molecule has 0 unspecified atom stereocenters. The van der Waals surface area contributed by atoms with Gasteiger partial charge in [-0.15, -0.1) is 0 Å². The highest BCUT2D eigenvalue weighted by atomic mass is 16.5. The molecule has 0 aliphatic rings. The molecule has 4 aromatic carbocycles. The average molecular weight is 957 g/mol. The molecule has 0 spiro atoms. The lowest BCUT2D eigenvalue weighted by Gasteiger charge is -2.27. The van der Waals surface area contributed by atoms with Gasteiger partial charge in [-0.05, 0) is 146 Å². The molecule has 0 aromatic heterocycles. The lowest BCUT2D eigenvalue weighted by atomic mass is 9.80. The molecule has 0 radical (unpaired) electrons. The van der Waals surface area contributed by atoms with Gasteiger partial charge < -0.3 is 77.3 Å². The zero-order chi connectivity index (χ0) is 50.2. The summed E-state index contributed by atoms with van der Waals surface area (Å²) < 4.78 is 65.7. The number of aliphatic hydroxyl groups excluding tert-OH is 4. The van der Waals surface area contributed by atoms with Crippen molar-refractivity contribution in [3.63, 3.8) is 0 Å². The Kier molecular flexibility index (Phi) is 24.9. The molecule has 380 valence electrons. The van der Waals surface area contributed by atoms with Crippen molar-refractivity contribution < 1.29 is 77.3 Å². The first-order valence-corrected chi connectivity index (χ1v) is 22.6. The summed E-state index contributed by atoms with van der Waals surface area (Å²) in [6, 6.07) is 15.4. The van der Waals surface area contributed by atoms with Crippen LogP contribution in [0.2, 0.25) is 0 Å². The second-order valence-corrected chi connectivity index (χ2v) is 16.1. The summed E-state index contributed by atoms with van der Waals surface area (Å²) >= 11 is 0. The quantitative estimate of drug-likeness (QED) is 0.0416. The first-order valence-electron chi connectivity index (χ1n) is 22.6. The fourth-order valence-electron chi connectivity index (χ4n) is 8.70. The highest BCUT2D eigenvalue weighted by Crippen LogP contribution is 2.44. The molecule has 4 aromatic rings. The predicted octanol–water partition coefficient (Wildman–Crippen LogP) is 7.04. The number of hydrogen-bond donors (Lipinski definition) is 4. The van der Waals surface area contributed by atoms with Gasteiger partial charge >= 0.3 is 0 Å². The SMILES string of the molecule is COc1cc(C[C@@H](CO)[C@H](CCCO)Cc2cc(OC)c(OC)c(OC)c2)cc(OC)c1OC.COc1cc(C[C@H](CO)[C@@H](CCCO)Cc2cc(OC)c(OC)c(OC)c2)cc(OC)c1OC. The number of methoxy groups -OCH3 is 12. The lowest BCUT2D eigenvalue weighted by molar-refractivity contribution is 0.158. The van der Waals surface area contributed by atoms with E-state index in [-0.39, 0.29) is 50.1 Å². The molecule has 0 heterocycles. The molecule has 0 bridgehead atoms. The van der Waals surface area contributed by atoms with Crippen molar-refractivity contribution >= 4 is 0 Å². The van der Waals surface area contributed by atoms with E-state index in [0.29, 0.717) is 108 Å². The summed E-state index contributed by atoms with van der Waals surface area (Å²) in [4.78, 5) is 0. The fraction of sp³-hybridized carbons (Fsp3) is 0.538. The Bertz CT molecular complexity index is 1840. The maximum atomic E-state index is 10.4. The molecule has 0 amide bonds. The fourth-order valence-corrected chi connectivity index (χ4v) is 8.70. The second-order valence-electron chi connectivity index (χ2n) is 16.1. The van der Waals surface area contributed by atoms with E-state index in [1.807, 2.05) is 48.5 Å². The van der Waals surface area contributed by atoms with Gasteiger partial charge in [-0.1, -0.05) is 0 Å². The number of aliphatic hydroxyl groups is 4. The van der Waals surface area contributed by atoms with E-state index >= 15 is 0 Å². The summed E-state index contributed by atoms with van der Waals surface area (Å²) in [7, 11) is 19.0. The Morgan fingerprint density at radius 1 is 0.294 bits per heavy atom. The molecule has 4 N–H and O–H groups in total. The third-order valence-electron chi connectivity index (χ3n) is 12.2. The van der Waals surface area contributed by atoms with Gasteiger partial charge in [0.2, 0.25) is 23.0 Å². The van der Waals surface area contributed by atoms with E-state index in [4.69, 9.17) is 56.8 Å². The number of hydrogen-bond acceptors (Lipinski definition) is 16. The molecule has 4 atom stereocenters. The van der Waals surface area contributed by atoms with Gasteiger partial charge in [0.15, 0.2) is 46.0 Å². The van der Waals surface area contributed by atoms with Gasteiger partial charge in [0.1, 0.15) is 0 Å². The van der Waals surface area contributed by atoms with Gasteiger partial charge in [-0.25, -0.2) is 0 Å². The minimum absolute atomic E-state index is 0.00280. The van der Waals surface area contributed by atoms with E-state index in [1.54, 1.807) is 85.3 Å². The summed E-state index contributed by atoms with van der Waals surface area (Å²) in [5.74, 6) is 6.85. The third-order valence-corrected chi connectivity index (χ3v) is 12.2. The second kappa shape index (κ2) is 29.9. The van der Waals surface area contributed by atoms with Crippen LogP contribution >= 0.6 is 0 Å². The van der Waals surface area contributed by atoms with Crippen LogP contribution in [-0.4, -0.2) is 132 Å². The number of ether oxygens (including phenoxy) is 12. The van der Waals surface area contributed by atoms with E-state index in [2.05, 4.69) is 0 Å². The van der Waals surface area contributed by atoms with Crippen LogP contribution in [0.4, 0.5) is 0 Å². The highest BCUT2D eigenvalue weighted by Gasteiger charge is 2.27. The van der Waals surface area contributed by atoms with Crippen LogP contribution in [0.25, 0.3) is 0 Å². The standard InChI is InChI=1S/2C26H38O8/c2*1-29-21-12-17(13-22(30-2)25(21)33-5)10-19(8-7-9-27)20(16-28)11-18-14-23(31-3)26(34-6)24(15-18)32-4/h2*12-15,19-20,27-28H,7-11,16H2,1-6H3/t2*19-,20+/m10/s1. The summed E-state index contributed by atoms with van der Waals surface area (Å²) in [6.45, 7) is 0.177. The van der Waals surface area contributed by atoms with Crippen LogP contribution in [0.5, 0.6) is 69.0 Å². The maximum Gasteiger partial charge on any atom is 0.203 e. The molecule has 0 saturated heterocycles. The molecule has 0 fully saturated rings. The average Bonchev–Trinajstić information content (AvgIpc) is 3.38. The molecule has 68 heavy (non-hydrogen) atoms. The Labute approximate surface area is 402 Å². The van der Waals surface area contributed by atoms with E-state index in [9.17, 15) is 20.4 Å². The van der Waals surface area contributed by atoms with Crippen LogP contribution < -0.4 is 56.8 Å². The maximum absolute atomic E-state index is 10.4. The van der Waals surface area contributed by atoms with Crippen molar-refractivity contribution in [1.29, 1.82) is 0 Å². The lowest BCUT2D eigenvalue weighted by Crippen LogP contribution is -2.24. The Morgan fingerprint density at radius 3 is 0.632 bits per heavy atom. The van der Waals surface area contributed by atoms with Crippen LogP contribution in [0.15, 0.2) is 48.5 Å². The van der Waals surface area contributed by atoms with Crippen molar-refractivity contribution in [3.05, 3.63) is 70.8 Å². The van der Waals surface area contributed by atoms with Gasteiger partial charge in [0.05, 0.1) is 85.3 Å². The molecular formula is C52H76O16. The topological polar surface area (TPSA) is 192 Å². The van der Waals surface area contributed by atoms with Crippen LogP contribution in [0.1, 0.15) is 47.9 Å². The Balaban J connectivity index is 0.000000360. The Morgan fingerprint density at radius 2 is 0.485 bits per heavy atom. The zero-order valence-electron chi connectivity index (χ0n) is 42.1. The monoisotopic (exact) mass is 957 g/mol. The first-order chi connectivity index (χ1) is 33.0. The zero-order valence-corrected chi connectivity index (χ0v) is 42.1. The minimum atomic E-state index is -0.0616. The summed E-state index contributed by atoms with van der Waals surface area (Å²) in [5, 5.41) is 39.7. The number of rotatable bonds is 30. The van der Waals surface area contributed by atoms with Gasteiger partial charge in [-0.2, -0.15) is 0 Å². The van der Waals surface area contributed by atoms with Crippen molar-refractivity contribution in [2.24, 2.45) is 23.7 Å². The third kappa shape index (κ3) is 15.2. The minimum Gasteiger partial charge on any atom is -0.493 e. The van der Waals surface area contributed by atoms with Gasteiger partial charge in [0, 0.05) is 26.4 Å². The van der Waals surface area contributed by atoms with Gasteiger partial charge in [-0.3, -0.25) is 0 Å². The van der Waals surface area contributed by atoms with Crippen molar-refractivity contribution in [2.75, 3.05) is 112 Å². The smallest absolute Gasteiger partial charge is 0.203 e. The van der Waals surface area contributed by atoms with Crippen molar-refractivity contribution in [1.82, 2.24) is 0 Å². The first kappa shape index (κ1) is 56.6. The molecule has 4 rings (SSSR count). The summed E-state index contributed by atoms with van der Waals surface area (Å²) in [6.07, 6.45) is 5.34. The Hall–Kier alpha value is -5.68. The molecular weight excluding hydrogens is 881 g/mol. The highest BCUT2D eigenvalue weighted by molar-refractivity contribution is 5.56. The normalized spacial score (nSPS) is 12.6. The van der Waals surface area contributed by atoms with E-state index in [0.717, 1.165) is 35.1 Å². The van der Waals surface area contributed by atoms with E-state index in [1.165, 1.54) is 0 Å². The van der Waals surface area contributed by atoms with E-state index < -0.39 is 0 Å². The molecule has 16 heteroatoms. The molecule has 16 nitrogen and oxygen atoms in total. The molecule has 0 aliphatic heterocycles. The van der Waals surface area contributed by atoms with Crippen molar-refractivity contribution in [2.45, 2.75) is 51.4 Å². The van der Waals surface area contributed by atoms with Crippen LogP contribution in [-0.2, 0) is 25.7 Å². The molecule has 0 aliphatic carbocycles. The molecule has 0 saturated carbocycles. The largest absolute Gasteiger partial charge is 0.493 e. The predicted molar refractivity (Wildman–Crippen MR) is 260 cm³/mol. The van der Waals surface area contributed by atoms with Crippen molar-refractivity contribution in [3.8, 4) is 69.0 Å². The number of benzene rings is 4. The van der Waals surface area contributed by atoms with Crippen LogP contribution in [0.3, 0.4) is 0 Å². The van der Waals surface area contributed by atoms with Crippen LogP contribution in [0, 0.1) is 23.7 Å². The van der Waals surface area contributed by atoms with Gasteiger partial charge in [0.25, 0.3) is 0 Å². The summed E-state index contributed by atoms with van der Waals surface area (Å²) in [5.41, 5.74) is 3.93.